The van der Waals surface area contributed by atoms with Gasteiger partial charge in [-0.05, 0) is 18.2 Å². The highest BCUT2D eigenvalue weighted by molar-refractivity contribution is 5.99. The first-order valence-electron chi connectivity index (χ1n) is 6.19. The first kappa shape index (κ1) is 17.5. The standard InChI is InChI=1S/C13H8F6N4O/c14-12(15,16)7-3-8(13(17,18)19)5-9(4-7)22-11(24)23-10-6-20-1-2-21-10/h1-6H,(H2,21,22,23,24). The molecule has 0 saturated heterocycles. The molecule has 2 amide bonds. The zero-order valence-electron chi connectivity index (χ0n) is 11.5. The van der Waals surface area contributed by atoms with Gasteiger partial charge in [0.1, 0.15) is 0 Å². The van der Waals surface area contributed by atoms with Crippen molar-refractivity contribution >= 4 is 17.5 Å². The van der Waals surface area contributed by atoms with Gasteiger partial charge in [-0.1, -0.05) is 0 Å². The van der Waals surface area contributed by atoms with Gasteiger partial charge in [-0.25, -0.2) is 9.78 Å². The molecule has 0 fully saturated rings. The van der Waals surface area contributed by atoms with Gasteiger partial charge in [0.05, 0.1) is 17.3 Å². The molecule has 1 aromatic heterocycles. The number of nitrogens with zero attached hydrogens (tertiary/aromatic N) is 2. The van der Waals surface area contributed by atoms with E-state index in [-0.39, 0.29) is 11.9 Å². The summed E-state index contributed by atoms with van der Waals surface area (Å²) in [5, 5.41) is 4.02. The van der Waals surface area contributed by atoms with Crippen LogP contribution >= 0.6 is 0 Å². The summed E-state index contributed by atoms with van der Waals surface area (Å²) in [5.74, 6) is -0.0296. The van der Waals surface area contributed by atoms with Crippen LogP contribution in [0, 0.1) is 0 Å². The van der Waals surface area contributed by atoms with Crippen LogP contribution in [0.5, 0.6) is 0 Å². The Kier molecular flexibility index (Phi) is 4.62. The van der Waals surface area contributed by atoms with Gasteiger partial charge in [0.15, 0.2) is 5.82 Å². The fraction of sp³-hybridized carbons (Fsp3) is 0.154. The molecule has 0 atom stereocenters. The van der Waals surface area contributed by atoms with Gasteiger partial charge < -0.3 is 5.32 Å². The van der Waals surface area contributed by atoms with Gasteiger partial charge in [-0.2, -0.15) is 26.3 Å². The quantitative estimate of drug-likeness (QED) is 0.800. The second kappa shape index (κ2) is 6.34. The van der Waals surface area contributed by atoms with Crippen molar-refractivity contribution in [3.8, 4) is 0 Å². The van der Waals surface area contributed by atoms with E-state index in [0.29, 0.717) is 12.1 Å². The fourth-order valence-corrected chi connectivity index (χ4v) is 1.67. The molecule has 2 aromatic rings. The summed E-state index contributed by atoms with van der Waals surface area (Å²) in [6.45, 7) is 0. The third-order valence-corrected chi connectivity index (χ3v) is 2.65. The van der Waals surface area contributed by atoms with E-state index in [4.69, 9.17) is 0 Å². The van der Waals surface area contributed by atoms with E-state index in [2.05, 4.69) is 15.3 Å². The van der Waals surface area contributed by atoms with Crippen LogP contribution in [0.1, 0.15) is 11.1 Å². The molecule has 0 aliphatic heterocycles. The maximum absolute atomic E-state index is 12.7. The lowest BCUT2D eigenvalue weighted by atomic mass is 10.1. The Hall–Kier alpha value is -2.85. The lowest BCUT2D eigenvalue weighted by Gasteiger charge is -2.15. The number of aromatic nitrogens is 2. The van der Waals surface area contributed by atoms with Gasteiger partial charge in [0.2, 0.25) is 0 Å². The maximum atomic E-state index is 12.7. The van der Waals surface area contributed by atoms with Crippen molar-refractivity contribution in [1.29, 1.82) is 0 Å². The minimum atomic E-state index is -5.00. The van der Waals surface area contributed by atoms with Crippen LogP contribution in [0.2, 0.25) is 0 Å². The van der Waals surface area contributed by atoms with Gasteiger partial charge >= 0.3 is 18.4 Å². The monoisotopic (exact) mass is 350 g/mol. The second-order valence-electron chi connectivity index (χ2n) is 4.46. The van der Waals surface area contributed by atoms with Crippen LogP contribution in [0.4, 0.5) is 42.6 Å². The molecular weight excluding hydrogens is 342 g/mol. The molecule has 0 radical (unpaired) electrons. The van der Waals surface area contributed by atoms with Crippen molar-refractivity contribution in [2.75, 3.05) is 10.6 Å². The van der Waals surface area contributed by atoms with Crippen LogP contribution < -0.4 is 10.6 Å². The van der Waals surface area contributed by atoms with Crippen LogP contribution in [-0.2, 0) is 12.4 Å². The van der Waals surface area contributed by atoms with E-state index in [1.807, 2.05) is 5.32 Å². The number of carbonyl (C=O) groups excluding carboxylic acids is 1. The van der Waals surface area contributed by atoms with Crippen molar-refractivity contribution in [3.05, 3.63) is 47.9 Å². The molecule has 1 heterocycles. The average Bonchev–Trinajstić information content (AvgIpc) is 2.46. The number of urea groups is 1. The molecule has 0 aliphatic rings. The minimum absolute atomic E-state index is 0.0296. The van der Waals surface area contributed by atoms with Gasteiger partial charge in [0, 0.05) is 18.1 Å². The SMILES string of the molecule is O=C(Nc1cc(C(F)(F)F)cc(C(F)(F)F)c1)Nc1cnccn1. The van der Waals surface area contributed by atoms with E-state index < -0.39 is 35.2 Å². The molecule has 2 rings (SSSR count). The van der Waals surface area contributed by atoms with Crippen LogP contribution in [0.3, 0.4) is 0 Å². The van der Waals surface area contributed by atoms with Gasteiger partial charge in [0.25, 0.3) is 0 Å². The molecule has 0 bridgehead atoms. The second-order valence-corrected chi connectivity index (χ2v) is 4.46. The van der Waals surface area contributed by atoms with Gasteiger partial charge in [-0.15, -0.1) is 0 Å². The van der Waals surface area contributed by atoms with E-state index >= 15 is 0 Å². The third-order valence-electron chi connectivity index (χ3n) is 2.65. The normalized spacial score (nSPS) is 11.9. The number of carbonyl (C=O) groups is 1. The number of benzene rings is 1. The lowest BCUT2D eigenvalue weighted by molar-refractivity contribution is -0.143. The van der Waals surface area contributed by atoms with E-state index in [1.54, 1.807) is 0 Å². The predicted molar refractivity (Wildman–Crippen MR) is 71.1 cm³/mol. The molecule has 2 N–H and O–H groups in total. The van der Waals surface area contributed by atoms with Crippen LogP contribution in [0.25, 0.3) is 0 Å². The van der Waals surface area contributed by atoms with E-state index in [9.17, 15) is 31.1 Å². The van der Waals surface area contributed by atoms with Crippen molar-refractivity contribution in [1.82, 2.24) is 9.97 Å². The van der Waals surface area contributed by atoms with Crippen LogP contribution in [0.15, 0.2) is 36.8 Å². The molecular formula is C13H8F6N4O. The van der Waals surface area contributed by atoms with Crippen molar-refractivity contribution < 1.29 is 31.1 Å². The highest BCUT2D eigenvalue weighted by Crippen LogP contribution is 2.37. The number of halogens is 6. The Labute approximate surface area is 130 Å². The number of alkyl halides is 6. The van der Waals surface area contributed by atoms with Crippen LogP contribution in [-0.4, -0.2) is 16.0 Å². The summed E-state index contributed by atoms with van der Waals surface area (Å²) in [5.41, 5.74) is -3.74. The predicted octanol–water partition coefficient (Wildman–Crippen LogP) is 4.16. The smallest absolute Gasteiger partial charge is 0.308 e. The number of nitrogens with one attached hydrogen (secondary N) is 2. The number of amides is 2. The zero-order chi connectivity index (χ0) is 18.0. The van der Waals surface area contributed by atoms with E-state index in [0.717, 1.165) is 6.20 Å². The molecule has 128 valence electrons. The Bertz CT molecular complexity index is 697. The molecule has 5 nitrogen and oxygen atoms in total. The van der Waals surface area contributed by atoms with E-state index in [1.165, 1.54) is 12.4 Å². The lowest BCUT2D eigenvalue weighted by Crippen LogP contribution is -2.21. The van der Waals surface area contributed by atoms with Crippen molar-refractivity contribution in [2.24, 2.45) is 0 Å². The number of hydrogen-bond acceptors (Lipinski definition) is 3. The third kappa shape index (κ3) is 4.57. The fourth-order valence-electron chi connectivity index (χ4n) is 1.67. The highest BCUT2D eigenvalue weighted by atomic mass is 19.4. The first-order chi connectivity index (χ1) is 11.1. The summed E-state index contributed by atoms with van der Waals surface area (Å²) in [4.78, 5) is 19.0. The molecule has 0 unspecified atom stereocenters. The Morgan fingerprint density at radius 2 is 1.46 bits per heavy atom. The largest absolute Gasteiger partial charge is 0.416 e. The van der Waals surface area contributed by atoms with Crippen molar-refractivity contribution in [2.45, 2.75) is 12.4 Å². The molecule has 0 saturated carbocycles. The average molecular weight is 350 g/mol. The van der Waals surface area contributed by atoms with Crippen molar-refractivity contribution in [3.63, 3.8) is 0 Å². The summed E-state index contributed by atoms with van der Waals surface area (Å²) >= 11 is 0. The van der Waals surface area contributed by atoms with Gasteiger partial charge in [-0.3, -0.25) is 10.3 Å². The maximum Gasteiger partial charge on any atom is 0.416 e. The highest BCUT2D eigenvalue weighted by Gasteiger charge is 2.37. The number of rotatable bonds is 2. The molecule has 0 aliphatic carbocycles. The topological polar surface area (TPSA) is 66.9 Å². The summed E-state index contributed by atoms with van der Waals surface area (Å²) in [6, 6.07) is -0.314. The summed E-state index contributed by atoms with van der Waals surface area (Å²) < 4.78 is 76.2. The summed E-state index contributed by atoms with van der Waals surface area (Å²) in [7, 11) is 0. The first-order valence-corrected chi connectivity index (χ1v) is 6.19. The minimum Gasteiger partial charge on any atom is -0.308 e. The number of hydrogen-bond donors (Lipinski definition) is 2. The molecule has 11 heteroatoms. The Morgan fingerprint density at radius 3 is 1.92 bits per heavy atom. The summed E-state index contributed by atoms with van der Waals surface area (Å²) in [6.07, 6.45) is -6.31. The molecule has 24 heavy (non-hydrogen) atoms. The molecule has 1 aromatic carbocycles. The number of anilines is 2. The Morgan fingerprint density at radius 1 is 0.875 bits per heavy atom. The molecule has 0 spiro atoms. The Balaban J connectivity index is 2.27. The zero-order valence-corrected chi connectivity index (χ0v) is 11.5.